The standard InChI is InChI=1S/C25H24N8O2/c1-17(25(27)34)23-3-2-18(12-28-23)22-10-19(16-33-24(22)20(11-26)13-30-33)21-14-29-32(15-21)5-4-31-6-8-35-9-7-31/h2-3,10,12-16H,1,4-9H2,(H2,27,34). The maximum atomic E-state index is 11.4. The summed E-state index contributed by atoms with van der Waals surface area (Å²) in [6.45, 7) is 8.80. The molecule has 1 fully saturated rings. The average molecular weight is 469 g/mol. The number of hydrogen-bond acceptors (Lipinski definition) is 7. The van der Waals surface area contributed by atoms with Crippen molar-refractivity contribution < 1.29 is 9.53 Å². The number of pyridine rings is 2. The predicted molar refractivity (Wildman–Crippen MR) is 130 cm³/mol. The molecule has 4 aromatic rings. The average Bonchev–Trinajstić information content (AvgIpc) is 3.54. The van der Waals surface area contributed by atoms with Crippen LogP contribution in [-0.2, 0) is 16.1 Å². The number of aromatic nitrogens is 5. The van der Waals surface area contributed by atoms with E-state index in [1.54, 1.807) is 23.0 Å². The van der Waals surface area contributed by atoms with E-state index in [9.17, 15) is 10.1 Å². The molecule has 0 aliphatic carbocycles. The zero-order chi connectivity index (χ0) is 24.4. The van der Waals surface area contributed by atoms with Crippen LogP contribution >= 0.6 is 0 Å². The van der Waals surface area contributed by atoms with Gasteiger partial charge in [-0.05, 0) is 12.1 Å². The number of nitriles is 1. The van der Waals surface area contributed by atoms with Gasteiger partial charge in [-0.3, -0.25) is 19.4 Å². The molecule has 176 valence electrons. The first-order chi connectivity index (χ1) is 17.0. The first-order valence-electron chi connectivity index (χ1n) is 11.2. The van der Waals surface area contributed by atoms with Crippen molar-refractivity contribution >= 4 is 17.0 Å². The molecule has 0 aromatic carbocycles. The van der Waals surface area contributed by atoms with Crippen molar-refractivity contribution in [2.75, 3.05) is 32.8 Å². The Morgan fingerprint density at radius 2 is 1.91 bits per heavy atom. The van der Waals surface area contributed by atoms with Gasteiger partial charge in [-0.1, -0.05) is 12.6 Å². The molecule has 10 heteroatoms. The number of primary amides is 1. The van der Waals surface area contributed by atoms with Gasteiger partial charge in [-0.15, -0.1) is 0 Å². The minimum atomic E-state index is -0.622. The predicted octanol–water partition coefficient (Wildman–Crippen LogP) is 1.96. The van der Waals surface area contributed by atoms with Crippen molar-refractivity contribution in [1.82, 2.24) is 29.3 Å². The van der Waals surface area contributed by atoms with Crippen LogP contribution in [0.5, 0.6) is 0 Å². The van der Waals surface area contributed by atoms with Gasteiger partial charge in [0, 0.05) is 60.5 Å². The number of nitrogens with two attached hydrogens (primary N) is 1. The number of rotatable bonds is 7. The highest BCUT2D eigenvalue weighted by molar-refractivity contribution is 6.17. The Balaban J connectivity index is 1.48. The molecule has 4 aromatic heterocycles. The molecule has 0 saturated carbocycles. The van der Waals surface area contributed by atoms with Gasteiger partial charge in [-0.2, -0.15) is 15.5 Å². The first-order valence-corrected chi connectivity index (χ1v) is 11.2. The van der Waals surface area contributed by atoms with Gasteiger partial charge in [0.2, 0.25) is 5.91 Å². The molecule has 0 bridgehead atoms. The van der Waals surface area contributed by atoms with E-state index in [0.29, 0.717) is 16.8 Å². The number of ether oxygens (including phenoxy) is 1. The van der Waals surface area contributed by atoms with E-state index in [-0.39, 0.29) is 5.57 Å². The number of carbonyl (C=O) groups excluding carboxylic acids is 1. The van der Waals surface area contributed by atoms with Gasteiger partial charge in [0.05, 0.1) is 54.5 Å². The summed E-state index contributed by atoms with van der Waals surface area (Å²) < 4.78 is 9.05. The van der Waals surface area contributed by atoms with E-state index >= 15 is 0 Å². The SMILES string of the molecule is C=C(C(N)=O)c1ccc(-c2cc(-c3cnn(CCN4CCOCC4)c3)cn3ncc(C#N)c23)cn1. The third kappa shape index (κ3) is 4.55. The summed E-state index contributed by atoms with van der Waals surface area (Å²) in [5.74, 6) is -0.622. The maximum absolute atomic E-state index is 11.4. The van der Waals surface area contributed by atoms with Gasteiger partial charge in [0.25, 0.3) is 0 Å². The third-order valence-electron chi connectivity index (χ3n) is 6.13. The van der Waals surface area contributed by atoms with E-state index < -0.39 is 5.91 Å². The summed E-state index contributed by atoms with van der Waals surface area (Å²) in [5.41, 5.74) is 10.4. The third-order valence-corrected chi connectivity index (χ3v) is 6.13. The van der Waals surface area contributed by atoms with E-state index in [1.165, 1.54) is 0 Å². The second-order valence-electron chi connectivity index (χ2n) is 8.33. The van der Waals surface area contributed by atoms with Crippen LogP contribution in [0.4, 0.5) is 0 Å². The van der Waals surface area contributed by atoms with Gasteiger partial charge >= 0.3 is 0 Å². The topological polar surface area (TPSA) is 127 Å². The molecule has 5 heterocycles. The van der Waals surface area contributed by atoms with Gasteiger partial charge in [-0.25, -0.2) is 4.52 Å². The van der Waals surface area contributed by atoms with Crippen molar-refractivity contribution in [1.29, 1.82) is 5.26 Å². The van der Waals surface area contributed by atoms with Crippen LogP contribution in [0.2, 0.25) is 0 Å². The van der Waals surface area contributed by atoms with E-state index in [4.69, 9.17) is 10.5 Å². The van der Waals surface area contributed by atoms with Gasteiger partial charge in [0.1, 0.15) is 6.07 Å². The zero-order valence-electron chi connectivity index (χ0n) is 19.1. The Hall–Kier alpha value is -4.33. The molecule has 0 atom stereocenters. The number of nitrogens with zero attached hydrogens (tertiary/aromatic N) is 7. The minimum Gasteiger partial charge on any atom is -0.379 e. The molecule has 0 spiro atoms. The lowest BCUT2D eigenvalue weighted by atomic mass is 10.0. The number of carbonyl (C=O) groups is 1. The molecule has 10 nitrogen and oxygen atoms in total. The highest BCUT2D eigenvalue weighted by Crippen LogP contribution is 2.32. The molecule has 0 unspecified atom stereocenters. The summed E-state index contributed by atoms with van der Waals surface area (Å²) >= 11 is 0. The number of hydrogen-bond donors (Lipinski definition) is 1. The molecule has 1 amide bonds. The molecular formula is C25H24N8O2. The summed E-state index contributed by atoms with van der Waals surface area (Å²) in [4.78, 5) is 18.2. The van der Waals surface area contributed by atoms with Crippen LogP contribution in [0.15, 0.2) is 55.8 Å². The molecule has 35 heavy (non-hydrogen) atoms. The monoisotopic (exact) mass is 468 g/mol. The van der Waals surface area contributed by atoms with Crippen molar-refractivity contribution in [2.45, 2.75) is 6.54 Å². The normalized spacial score (nSPS) is 14.1. The summed E-state index contributed by atoms with van der Waals surface area (Å²) in [5, 5.41) is 18.6. The fraction of sp³-hybridized carbons (Fsp3) is 0.240. The van der Waals surface area contributed by atoms with Crippen LogP contribution in [-0.4, -0.2) is 68.0 Å². The highest BCUT2D eigenvalue weighted by Gasteiger charge is 2.16. The lowest BCUT2D eigenvalue weighted by molar-refractivity contribution is -0.112. The zero-order valence-corrected chi connectivity index (χ0v) is 19.1. The smallest absolute Gasteiger partial charge is 0.250 e. The molecule has 5 rings (SSSR count). The van der Waals surface area contributed by atoms with Crippen LogP contribution in [0.25, 0.3) is 33.3 Å². The Kier molecular flexibility index (Phi) is 6.10. The fourth-order valence-corrected chi connectivity index (χ4v) is 4.14. The second kappa shape index (κ2) is 9.50. The van der Waals surface area contributed by atoms with Crippen LogP contribution in [0.3, 0.4) is 0 Å². The number of fused-ring (bicyclic) bond motifs is 1. The van der Waals surface area contributed by atoms with Gasteiger partial charge < -0.3 is 10.5 Å². The van der Waals surface area contributed by atoms with Crippen molar-refractivity contribution in [2.24, 2.45) is 5.73 Å². The van der Waals surface area contributed by atoms with Crippen LogP contribution in [0.1, 0.15) is 11.3 Å². The van der Waals surface area contributed by atoms with E-state index in [2.05, 4.69) is 32.7 Å². The Bertz CT molecular complexity index is 1440. The van der Waals surface area contributed by atoms with E-state index in [1.807, 2.05) is 35.4 Å². The molecule has 1 aliphatic rings. The summed E-state index contributed by atoms with van der Waals surface area (Å²) in [6, 6.07) is 7.73. The molecule has 1 aliphatic heterocycles. The largest absolute Gasteiger partial charge is 0.379 e. The lowest BCUT2D eigenvalue weighted by Crippen LogP contribution is -2.38. The Labute approximate surface area is 201 Å². The van der Waals surface area contributed by atoms with Crippen LogP contribution in [0, 0.1) is 11.3 Å². The highest BCUT2D eigenvalue weighted by atomic mass is 16.5. The van der Waals surface area contributed by atoms with Crippen molar-refractivity contribution in [3.8, 4) is 28.3 Å². The second-order valence-corrected chi connectivity index (χ2v) is 8.33. The minimum absolute atomic E-state index is 0.141. The summed E-state index contributed by atoms with van der Waals surface area (Å²) in [6.07, 6.45) is 8.92. The summed E-state index contributed by atoms with van der Waals surface area (Å²) in [7, 11) is 0. The quantitative estimate of drug-likeness (QED) is 0.411. The molecule has 1 saturated heterocycles. The fourth-order valence-electron chi connectivity index (χ4n) is 4.14. The lowest BCUT2D eigenvalue weighted by Gasteiger charge is -2.26. The molecule has 2 N–H and O–H groups in total. The molecule has 0 radical (unpaired) electrons. The Morgan fingerprint density at radius 1 is 1.09 bits per heavy atom. The van der Waals surface area contributed by atoms with E-state index in [0.717, 1.165) is 61.6 Å². The number of morpholine rings is 1. The van der Waals surface area contributed by atoms with Gasteiger partial charge in [0.15, 0.2) is 0 Å². The first kappa shape index (κ1) is 22.5. The molecular weight excluding hydrogens is 444 g/mol. The van der Waals surface area contributed by atoms with Crippen LogP contribution < -0.4 is 5.73 Å². The number of amides is 1. The Morgan fingerprint density at radius 3 is 2.63 bits per heavy atom. The van der Waals surface area contributed by atoms with Crippen molar-refractivity contribution in [3.05, 3.63) is 67.0 Å². The van der Waals surface area contributed by atoms with Crippen molar-refractivity contribution in [3.63, 3.8) is 0 Å². The maximum Gasteiger partial charge on any atom is 0.250 e.